The topological polar surface area (TPSA) is 96.0 Å². The molecule has 0 bridgehead atoms. The quantitative estimate of drug-likeness (QED) is 0.441. The summed E-state index contributed by atoms with van der Waals surface area (Å²) in [7, 11) is 0. The number of Topliss-reactive ketones (excluding diaryl/α,β-unsaturated/α-hetero) is 1. The number of nitrogens with one attached hydrogen (secondary N) is 2. The molecule has 2 aromatic rings. The van der Waals surface area contributed by atoms with Gasteiger partial charge >= 0.3 is 0 Å². The van der Waals surface area contributed by atoms with Gasteiger partial charge < -0.3 is 11.1 Å². The smallest absolute Gasteiger partial charge is 0.223 e. The van der Waals surface area contributed by atoms with E-state index < -0.39 is 6.04 Å². The highest BCUT2D eigenvalue weighted by atomic mass is 16.2. The number of nitrogen functional groups attached to an aromatic ring is 1. The lowest BCUT2D eigenvalue weighted by atomic mass is 9.77. The zero-order chi connectivity index (χ0) is 22.4. The van der Waals surface area contributed by atoms with Crippen LogP contribution in [0.4, 0.5) is 0 Å². The van der Waals surface area contributed by atoms with Crippen molar-refractivity contribution >= 4 is 17.5 Å². The summed E-state index contributed by atoms with van der Waals surface area (Å²) in [6, 6.07) is 15.4. The molecule has 1 fully saturated rings. The minimum Gasteiger partial charge on any atom is -0.384 e. The van der Waals surface area contributed by atoms with Crippen molar-refractivity contribution in [1.82, 2.24) is 5.32 Å². The van der Waals surface area contributed by atoms with Gasteiger partial charge in [0.1, 0.15) is 5.84 Å². The van der Waals surface area contributed by atoms with Crippen molar-refractivity contribution in [2.45, 2.75) is 64.3 Å². The number of hydrogen-bond acceptors (Lipinski definition) is 3. The molecule has 0 spiro atoms. The van der Waals surface area contributed by atoms with Crippen LogP contribution in [-0.4, -0.2) is 23.6 Å². The van der Waals surface area contributed by atoms with Crippen LogP contribution in [0.15, 0.2) is 48.5 Å². The molecule has 4 N–H and O–H groups in total. The summed E-state index contributed by atoms with van der Waals surface area (Å²) in [4.78, 5) is 25.4. The molecule has 0 unspecified atom stereocenters. The van der Waals surface area contributed by atoms with Crippen LogP contribution in [0.1, 0.15) is 67.2 Å². The lowest BCUT2D eigenvalue weighted by Crippen LogP contribution is -2.42. The van der Waals surface area contributed by atoms with Gasteiger partial charge in [0.15, 0.2) is 5.78 Å². The minimum absolute atomic E-state index is 0.00372. The van der Waals surface area contributed by atoms with Crippen LogP contribution in [0.3, 0.4) is 0 Å². The first-order valence-electron chi connectivity index (χ1n) is 11.2. The van der Waals surface area contributed by atoms with Crippen LogP contribution in [0.25, 0.3) is 0 Å². The lowest BCUT2D eigenvalue weighted by Gasteiger charge is -2.29. The van der Waals surface area contributed by atoms with Crippen molar-refractivity contribution in [3.63, 3.8) is 0 Å². The number of amidine groups is 1. The van der Waals surface area contributed by atoms with Gasteiger partial charge in [-0.1, -0.05) is 60.5 Å². The molecule has 5 heteroatoms. The van der Waals surface area contributed by atoms with E-state index in [1.54, 1.807) is 19.1 Å². The number of rotatable bonds is 8. The Morgan fingerprint density at radius 3 is 2.58 bits per heavy atom. The molecular weight excluding hydrogens is 386 g/mol. The Morgan fingerprint density at radius 1 is 1.16 bits per heavy atom. The first-order valence-corrected chi connectivity index (χ1v) is 11.2. The molecule has 2 aromatic carbocycles. The molecule has 5 nitrogen and oxygen atoms in total. The van der Waals surface area contributed by atoms with E-state index in [0.29, 0.717) is 24.3 Å². The average molecular weight is 420 g/mol. The number of aryl methyl sites for hydroxylation is 2. The van der Waals surface area contributed by atoms with Gasteiger partial charge in [-0.2, -0.15) is 0 Å². The predicted molar refractivity (Wildman–Crippen MR) is 124 cm³/mol. The number of hydrogen-bond donors (Lipinski definition) is 3. The summed E-state index contributed by atoms with van der Waals surface area (Å²) >= 11 is 0. The Kier molecular flexibility index (Phi) is 7.61. The molecule has 0 radical (unpaired) electrons. The van der Waals surface area contributed by atoms with Crippen molar-refractivity contribution in [2.24, 2.45) is 11.7 Å². The van der Waals surface area contributed by atoms with Gasteiger partial charge in [-0.3, -0.25) is 15.0 Å². The Bertz CT molecular complexity index is 936. The van der Waals surface area contributed by atoms with Gasteiger partial charge in [-0.25, -0.2) is 0 Å². The van der Waals surface area contributed by atoms with Gasteiger partial charge in [0.05, 0.1) is 6.04 Å². The van der Waals surface area contributed by atoms with Crippen LogP contribution in [-0.2, 0) is 16.0 Å². The third kappa shape index (κ3) is 6.27. The van der Waals surface area contributed by atoms with E-state index in [-0.39, 0.29) is 23.4 Å². The Balaban J connectivity index is 1.49. The number of benzene rings is 2. The number of carbonyl (C=O) groups is 2. The third-order valence-electron chi connectivity index (χ3n) is 6.33. The van der Waals surface area contributed by atoms with E-state index in [2.05, 4.69) is 36.5 Å². The summed E-state index contributed by atoms with van der Waals surface area (Å²) < 4.78 is 0. The highest BCUT2D eigenvalue weighted by Crippen LogP contribution is 2.36. The molecule has 1 aliphatic carbocycles. The fraction of sp³-hybridized carbons (Fsp3) is 0.423. The standard InChI is InChI=1S/C26H33N3O2/c1-17-5-3-6-21(15-17)22-7-4-8-23(16-22)26(31)29-18(2)24(30)14-11-19-9-12-20(13-10-19)25(27)28/h3,5-6,9-10,12-13,15,18,22-23H,4,7-8,11,14,16H2,1-2H3,(H3,27,28)(H,29,31)/t18-,22+,23+/m0/s1. The fourth-order valence-corrected chi connectivity index (χ4v) is 4.40. The molecule has 3 rings (SSSR count). The zero-order valence-electron chi connectivity index (χ0n) is 18.5. The lowest BCUT2D eigenvalue weighted by molar-refractivity contribution is -0.130. The van der Waals surface area contributed by atoms with Crippen LogP contribution in [0.2, 0.25) is 0 Å². The van der Waals surface area contributed by atoms with Gasteiger partial charge in [0.25, 0.3) is 0 Å². The Hall–Kier alpha value is -2.95. The fourth-order valence-electron chi connectivity index (χ4n) is 4.40. The molecule has 0 saturated heterocycles. The number of nitrogens with two attached hydrogens (primary N) is 1. The zero-order valence-corrected chi connectivity index (χ0v) is 18.5. The van der Waals surface area contributed by atoms with Gasteiger partial charge in [0.2, 0.25) is 5.91 Å². The van der Waals surface area contributed by atoms with Crippen molar-refractivity contribution in [3.8, 4) is 0 Å². The molecule has 0 heterocycles. The molecule has 1 amide bonds. The van der Waals surface area contributed by atoms with Crippen molar-refractivity contribution in [1.29, 1.82) is 5.41 Å². The Labute approximate surface area is 184 Å². The van der Waals surface area contributed by atoms with E-state index in [0.717, 1.165) is 31.2 Å². The second-order valence-corrected chi connectivity index (χ2v) is 8.78. The summed E-state index contributed by atoms with van der Waals surface area (Å²) in [5.41, 5.74) is 9.73. The normalized spacial score (nSPS) is 19.4. The maximum Gasteiger partial charge on any atom is 0.223 e. The number of carbonyl (C=O) groups excluding carboxylic acids is 2. The maximum absolute atomic E-state index is 12.8. The largest absolute Gasteiger partial charge is 0.384 e. The summed E-state index contributed by atoms with van der Waals surface area (Å²) in [5.74, 6) is 0.451. The molecular formula is C26H33N3O2. The van der Waals surface area contributed by atoms with Crippen LogP contribution >= 0.6 is 0 Å². The molecule has 1 saturated carbocycles. The van der Waals surface area contributed by atoms with E-state index in [9.17, 15) is 9.59 Å². The number of ketones is 1. The molecule has 0 aliphatic heterocycles. The highest BCUT2D eigenvalue weighted by molar-refractivity contribution is 5.95. The van der Waals surface area contributed by atoms with Crippen LogP contribution in [0, 0.1) is 18.3 Å². The predicted octanol–water partition coefficient (Wildman–Crippen LogP) is 4.26. The first-order chi connectivity index (χ1) is 14.8. The van der Waals surface area contributed by atoms with E-state index >= 15 is 0 Å². The van der Waals surface area contributed by atoms with E-state index in [1.807, 2.05) is 12.1 Å². The minimum atomic E-state index is -0.483. The third-order valence-corrected chi connectivity index (χ3v) is 6.33. The summed E-state index contributed by atoms with van der Waals surface area (Å²) in [6.07, 6.45) is 4.86. The number of amides is 1. The first kappa shape index (κ1) is 22.7. The van der Waals surface area contributed by atoms with E-state index in [4.69, 9.17) is 11.1 Å². The van der Waals surface area contributed by atoms with Crippen molar-refractivity contribution in [3.05, 3.63) is 70.8 Å². The van der Waals surface area contributed by atoms with E-state index in [1.165, 1.54) is 11.1 Å². The van der Waals surface area contributed by atoms with Gasteiger partial charge in [0, 0.05) is 17.9 Å². The maximum atomic E-state index is 12.8. The molecule has 1 aliphatic rings. The van der Waals surface area contributed by atoms with Gasteiger partial charge in [-0.15, -0.1) is 0 Å². The summed E-state index contributed by atoms with van der Waals surface area (Å²) in [6.45, 7) is 3.88. The molecule has 3 atom stereocenters. The molecule has 0 aromatic heterocycles. The van der Waals surface area contributed by atoms with Crippen molar-refractivity contribution in [2.75, 3.05) is 0 Å². The second kappa shape index (κ2) is 10.4. The molecule has 31 heavy (non-hydrogen) atoms. The van der Waals surface area contributed by atoms with Crippen LogP contribution in [0.5, 0.6) is 0 Å². The monoisotopic (exact) mass is 419 g/mol. The Morgan fingerprint density at radius 2 is 1.90 bits per heavy atom. The SMILES string of the molecule is Cc1cccc([C@@H]2CCC[C@@H](C(=O)N[C@@H](C)C(=O)CCc3ccc(C(=N)N)cc3)C2)c1. The van der Waals surface area contributed by atoms with Crippen LogP contribution < -0.4 is 11.1 Å². The summed E-state index contributed by atoms with van der Waals surface area (Å²) in [5, 5.41) is 10.4. The highest BCUT2D eigenvalue weighted by Gasteiger charge is 2.29. The molecule has 164 valence electrons. The van der Waals surface area contributed by atoms with Gasteiger partial charge in [-0.05, 0) is 56.6 Å². The average Bonchev–Trinajstić information content (AvgIpc) is 2.77. The van der Waals surface area contributed by atoms with Crippen molar-refractivity contribution < 1.29 is 9.59 Å². The second-order valence-electron chi connectivity index (χ2n) is 8.78.